The summed E-state index contributed by atoms with van der Waals surface area (Å²) in [5, 5.41) is 10.2. The maximum atomic E-state index is 14.8. The molecule has 8 heteroatoms. The standard InChI is InChI=1S/C34H27F5O2S/c1-3-31(40)28-18-15-25(32(33(28)41)34(37,38)39)8-6-21-5-7-23(29(35)19-21)9-10-24-11-12-26(20-30(24)36)22-13-16-27(17-14-22)42-4-2/h5,7,11-20,41H,3-4,6,8H2,1-2H3. The van der Waals surface area contributed by atoms with Crippen LogP contribution in [0.2, 0.25) is 0 Å². The molecule has 0 aliphatic carbocycles. The van der Waals surface area contributed by atoms with Crippen LogP contribution in [0, 0.1) is 23.5 Å². The third-order valence-corrected chi connectivity index (χ3v) is 7.58. The summed E-state index contributed by atoms with van der Waals surface area (Å²) in [6, 6.07) is 18.9. The van der Waals surface area contributed by atoms with Crippen LogP contribution in [0.1, 0.15) is 58.4 Å². The van der Waals surface area contributed by atoms with E-state index in [1.165, 1.54) is 49.4 Å². The van der Waals surface area contributed by atoms with Gasteiger partial charge in [0.05, 0.1) is 16.7 Å². The normalized spacial score (nSPS) is 11.2. The Morgan fingerprint density at radius 3 is 2.00 bits per heavy atom. The van der Waals surface area contributed by atoms with Crippen molar-refractivity contribution in [3.63, 3.8) is 0 Å². The van der Waals surface area contributed by atoms with Crippen molar-refractivity contribution in [2.75, 3.05) is 5.75 Å². The predicted octanol–water partition coefficient (Wildman–Crippen LogP) is 9.25. The second kappa shape index (κ2) is 13.3. The summed E-state index contributed by atoms with van der Waals surface area (Å²) in [6.07, 6.45) is -5.03. The maximum absolute atomic E-state index is 14.8. The number of aromatic hydroxyl groups is 1. The van der Waals surface area contributed by atoms with E-state index in [2.05, 4.69) is 18.8 Å². The lowest BCUT2D eigenvalue weighted by Gasteiger charge is -2.17. The first kappa shape index (κ1) is 30.9. The summed E-state index contributed by atoms with van der Waals surface area (Å²) in [7, 11) is 0. The molecule has 0 saturated heterocycles. The van der Waals surface area contributed by atoms with E-state index in [1.54, 1.807) is 17.8 Å². The molecule has 0 atom stereocenters. The zero-order valence-electron chi connectivity index (χ0n) is 22.9. The molecule has 0 bridgehead atoms. The van der Waals surface area contributed by atoms with Gasteiger partial charge in [-0.1, -0.05) is 56.0 Å². The first-order chi connectivity index (χ1) is 20.0. The van der Waals surface area contributed by atoms with E-state index in [-0.39, 0.29) is 41.5 Å². The number of phenolic OH excluding ortho intramolecular Hbond substituents is 1. The van der Waals surface area contributed by atoms with Crippen LogP contribution in [0.3, 0.4) is 0 Å². The molecule has 0 spiro atoms. The number of halogens is 5. The third-order valence-electron chi connectivity index (χ3n) is 6.69. The molecular formula is C34H27F5O2S. The largest absolute Gasteiger partial charge is 0.507 e. The maximum Gasteiger partial charge on any atom is 0.420 e. The molecule has 0 heterocycles. The Labute approximate surface area is 245 Å². The second-order valence-electron chi connectivity index (χ2n) is 9.49. The van der Waals surface area contributed by atoms with Gasteiger partial charge in [0, 0.05) is 11.3 Å². The average Bonchev–Trinajstić information content (AvgIpc) is 2.95. The molecule has 0 amide bonds. The molecule has 42 heavy (non-hydrogen) atoms. The summed E-state index contributed by atoms with van der Waals surface area (Å²) in [5.41, 5.74) is 0.241. The number of carbonyl (C=O) groups excluding carboxylic acids is 1. The van der Waals surface area contributed by atoms with Crippen LogP contribution in [-0.2, 0) is 19.0 Å². The van der Waals surface area contributed by atoms with E-state index >= 15 is 0 Å². The molecule has 1 N–H and O–H groups in total. The van der Waals surface area contributed by atoms with E-state index in [1.807, 2.05) is 24.3 Å². The van der Waals surface area contributed by atoms with E-state index in [9.17, 15) is 31.9 Å². The van der Waals surface area contributed by atoms with Crippen LogP contribution in [0.5, 0.6) is 5.75 Å². The van der Waals surface area contributed by atoms with Crippen molar-refractivity contribution in [2.45, 2.75) is 44.2 Å². The molecule has 0 fully saturated rings. The van der Waals surface area contributed by atoms with Gasteiger partial charge < -0.3 is 5.11 Å². The SMILES string of the molecule is CCSc1ccc(-c2ccc(C#Cc3ccc(CCc4ccc(C(=O)CC)c(O)c4C(F)(F)F)cc3F)c(F)c2)cc1. The molecule has 4 aromatic rings. The zero-order chi connectivity index (χ0) is 30.4. The van der Waals surface area contributed by atoms with Crippen molar-refractivity contribution in [1.82, 2.24) is 0 Å². The highest BCUT2D eigenvalue weighted by molar-refractivity contribution is 7.99. The number of hydrogen-bond acceptors (Lipinski definition) is 3. The van der Waals surface area contributed by atoms with Crippen LogP contribution >= 0.6 is 11.8 Å². The first-order valence-corrected chi connectivity index (χ1v) is 14.3. The molecule has 4 rings (SSSR count). The van der Waals surface area contributed by atoms with E-state index in [0.29, 0.717) is 11.1 Å². The Morgan fingerprint density at radius 1 is 0.810 bits per heavy atom. The van der Waals surface area contributed by atoms with Gasteiger partial charge in [0.2, 0.25) is 0 Å². The lowest BCUT2D eigenvalue weighted by Crippen LogP contribution is -2.13. The highest BCUT2D eigenvalue weighted by atomic mass is 32.2. The number of aryl methyl sites for hydroxylation is 2. The van der Waals surface area contributed by atoms with Gasteiger partial charge >= 0.3 is 6.18 Å². The number of alkyl halides is 3. The molecule has 216 valence electrons. The van der Waals surface area contributed by atoms with Gasteiger partial charge in [-0.2, -0.15) is 13.2 Å². The van der Waals surface area contributed by atoms with Gasteiger partial charge in [-0.25, -0.2) is 8.78 Å². The number of carbonyl (C=O) groups is 1. The minimum absolute atomic E-state index is 0.0160. The van der Waals surface area contributed by atoms with Crippen molar-refractivity contribution in [3.05, 3.63) is 118 Å². The molecule has 4 aromatic carbocycles. The number of thioether (sulfide) groups is 1. The summed E-state index contributed by atoms with van der Waals surface area (Å²) < 4.78 is 70.8. The number of ketones is 1. The fourth-order valence-corrected chi connectivity index (χ4v) is 5.17. The van der Waals surface area contributed by atoms with Crippen molar-refractivity contribution in [1.29, 1.82) is 0 Å². The molecule has 0 unspecified atom stereocenters. The Balaban J connectivity index is 1.49. The van der Waals surface area contributed by atoms with Gasteiger partial charge in [-0.05, 0) is 83.3 Å². The van der Waals surface area contributed by atoms with Gasteiger partial charge in [0.1, 0.15) is 22.9 Å². The molecule has 0 saturated carbocycles. The van der Waals surface area contributed by atoms with Gasteiger partial charge in [-0.3, -0.25) is 4.79 Å². The van der Waals surface area contributed by atoms with E-state index in [0.717, 1.165) is 16.2 Å². The molecule has 0 aliphatic heterocycles. The van der Waals surface area contributed by atoms with Crippen LogP contribution in [-0.4, -0.2) is 16.6 Å². The smallest absolute Gasteiger partial charge is 0.420 e. The highest BCUT2D eigenvalue weighted by Gasteiger charge is 2.38. The molecule has 0 aromatic heterocycles. The highest BCUT2D eigenvalue weighted by Crippen LogP contribution is 2.41. The summed E-state index contributed by atoms with van der Waals surface area (Å²) in [4.78, 5) is 13.1. The van der Waals surface area contributed by atoms with Gasteiger partial charge in [-0.15, -0.1) is 11.8 Å². The Morgan fingerprint density at radius 2 is 1.43 bits per heavy atom. The number of phenols is 1. The van der Waals surface area contributed by atoms with Crippen molar-refractivity contribution in [3.8, 4) is 28.7 Å². The van der Waals surface area contributed by atoms with Crippen LogP contribution in [0.15, 0.2) is 77.7 Å². The second-order valence-corrected chi connectivity index (χ2v) is 10.8. The number of Topliss-reactive ketones (excluding diaryl/α,β-unsaturated/α-hetero) is 1. The molecule has 0 aliphatic rings. The van der Waals surface area contributed by atoms with Crippen LogP contribution < -0.4 is 0 Å². The quantitative estimate of drug-likeness (QED) is 0.0956. The molecule has 0 radical (unpaired) electrons. The Bertz CT molecular complexity index is 1660. The summed E-state index contributed by atoms with van der Waals surface area (Å²) in [6.45, 7) is 3.56. The topological polar surface area (TPSA) is 37.3 Å². The molecular weight excluding hydrogens is 567 g/mol. The Kier molecular flexibility index (Phi) is 9.74. The fraction of sp³-hybridized carbons (Fsp3) is 0.206. The summed E-state index contributed by atoms with van der Waals surface area (Å²) in [5.74, 6) is 3.31. The average molecular weight is 595 g/mol. The van der Waals surface area contributed by atoms with Crippen molar-refractivity contribution >= 4 is 17.5 Å². The van der Waals surface area contributed by atoms with Gasteiger partial charge in [0.25, 0.3) is 0 Å². The number of hydrogen-bond donors (Lipinski definition) is 1. The fourth-order valence-electron chi connectivity index (χ4n) is 4.51. The lowest BCUT2D eigenvalue weighted by atomic mass is 9.94. The lowest BCUT2D eigenvalue weighted by molar-refractivity contribution is -0.139. The minimum Gasteiger partial charge on any atom is -0.507 e. The van der Waals surface area contributed by atoms with Gasteiger partial charge in [0.15, 0.2) is 5.78 Å². The summed E-state index contributed by atoms with van der Waals surface area (Å²) >= 11 is 1.71. The van der Waals surface area contributed by atoms with Crippen LogP contribution in [0.4, 0.5) is 22.0 Å². The number of benzene rings is 4. The third kappa shape index (κ3) is 7.21. The Hall–Kier alpha value is -4.09. The van der Waals surface area contributed by atoms with E-state index < -0.39 is 34.9 Å². The van der Waals surface area contributed by atoms with E-state index in [4.69, 9.17) is 0 Å². The minimum atomic E-state index is -4.87. The molecule has 2 nitrogen and oxygen atoms in total. The number of rotatable bonds is 8. The zero-order valence-corrected chi connectivity index (χ0v) is 23.7. The predicted molar refractivity (Wildman–Crippen MR) is 156 cm³/mol. The van der Waals surface area contributed by atoms with Crippen LogP contribution in [0.25, 0.3) is 11.1 Å². The van der Waals surface area contributed by atoms with Crippen molar-refractivity contribution in [2.24, 2.45) is 0 Å². The van der Waals surface area contributed by atoms with Crippen molar-refractivity contribution < 1.29 is 31.9 Å². The monoisotopic (exact) mass is 594 g/mol. The first-order valence-electron chi connectivity index (χ1n) is 13.3.